The summed E-state index contributed by atoms with van der Waals surface area (Å²) < 4.78 is 10.6. The second-order valence-electron chi connectivity index (χ2n) is 13.0. The fraction of sp³-hybridized carbons (Fsp3) is 0.676. The maximum Gasteiger partial charge on any atom is 0.341 e. The van der Waals surface area contributed by atoms with Gasteiger partial charge in [0, 0.05) is 45.0 Å². The molecular formula is C37H58N2O12. The van der Waals surface area contributed by atoms with Crippen molar-refractivity contribution in [3.8, 4) is 11.5 Å². The molecule has 1 aromatic carbocycles. The summed E-state index contributed by atoms with van der Waals surface area (Å²) in [6, 6.07) is 4.47. The number of carboxylic acids is 4. The number of amides is 2. The fourth-order valence-corrected chi connectivity index (χ4v) is 5.42. The minimum absolute atomic E-state index is 0.0389. The summed E-state index contributed by atoms with van der Waals surface area (Å²) in [5, 5.41) is 38.6. The highest BCUT2D eigenvalue weighted by atomic mass is 16.5. The highest BCUT2D eigenvalue weighted by molar-refractivity contribution is 5.79. The molecule has 0 saturated carbocycles. The number of rotatable bonds is 32. The van der Waals surface area contributed by atoms with E-state index in [1.54, 1.807) is 24.0 Å². The van der Waals surface area contributed by atoms with E-state index in [-0.39, 0.29) is 55.7 Å². The summed E-state index contributed by atoms with van der Waals surface area (Å²) in [7, 11) is 0. The first-order valence-corrected chi connectivity index (χ1v) is 18.2. The van der Waals surface area contributed by atoms with Gasteiger partial charge in [-0.05, 0) is 43.4 Å². The third-order valence-electron chi connectivity index (χ3n) is 8.34. The monoisotopic (exact) mass is 722 g/mol. The summed E-state index contributed by atoms with van der Waals surface area (Å²) in [6.07, 6.45) is 14.5. The number of hydrogen-bond acceptors (Lipinski definition) is 8. The summed E-state index contributed by atoms with van der Waals surface area (Å²) in [4.78, 5) is 71.3. The molecule has 14 heteroatoms. The molecule has 0 aliphatic carbocycles. The lowest BCUT2D eigenvalue weighted by atomic mass is 10.0. The largest absolute Gasteiger partial charge is 0.482 e. The molecular weight excluding hydrogens is 664 g/mol. The van der Waals surface area contributed by atoms with E-state index in [4.69, 9.17) is 29.9 Å². The van der Waals surface area contributed by atoms with E-state index in [9.17, 15) is 28.8 Å². The van der Waals surface area contributed by atoms with E-state index < -0.39 is 43.0 Å². The number of aliphatic carboxylic acids is 4. The Morgan fingerprint density at radius 3 is 1.59 bits per heavy atom. The quantitative estimate of drug-likeness (QED) is 0.0551. The standard InChI is InChI=1S/C37H58N2O12/c1-28(37(48)49)16-14-15-20-38-32(40)19-21-39(25-29-22-30(50-26-35(44)45)24-31(23-29)51-27-36(46)47)33(41)17-12-10-8-6-4-2-3-5-7-9-11-13-18-34(42)43/h22-24,28H,2-21,25-27H2,1H3,(H,38,40)(H,42,43)(H,44,45)(H,46,47)(H,48,49)/t28-/m0/s1. The number of nitrogens with zero attached hydrogens (tertiary/aromatic N) is 1. The molecule has 0 aliphatic heterocycles. The van der Waals surface area contributed by atoms with Crippen LogP contribution < -0.4 is 14.8 Å². The number of nitrogens with one attached hydrogen (secondary N) is 1. The van der Waals surface area contributed by atoms with Gasteiger partial charge in [-0.15, -0.1) is 0 Å². The van der Waals surface area contributed by atoms with Crippen LogP contribution in [0.2, 0.25) is 0 Å². The van der Waals surface area contributed by atoms with Crippen LogP contribution in [0.1, 0.15) is 128 Å². The number of carbonyl (C=O) groups is 6. The molecule has 0 heterocycles. The minimum Gasteiger partial charge on any atom is -0.482 e. The van der Waals surface area contributed by atoms with Crippen molar-refractivity contribution in [1.82, 2.24) is 10.2 Å². The summed E-state index contributed by atoms with van der Waals surface area (Å²) in [5.41, 5.74) is 0.514. The van der Waals surface area contributed by atoms with Crippen LogP contribution in [-0.2, 0) is 35.3 Å². The fourth-order valence-electron chi connectivity index (χ4n) is 5.42. The van der Waals surface area contributed by atoms with Gasteiger partial charge >= 0.3 is 23.9 Å². The highest BCUT2D eigenvalue weighted by Crippen LogP contribution is 2.25. The molecule has 0 fully saturated rings. The molecule has 0 spiro atoms. The predicted octanol–water partition coefficient (Wildman–Crippen LogP) is 5.89. The van der Waals surface area contributed by atoms with Crippen LogP contribution in [-0.4, -0.2) is 87.3 Å². The topological polar surface area (TPSA) is 217 Å². The zero-order chi connectivity index (χ0) is 37.9. The molecule has 0 saturated heterocycles. The van der Waals surface area contributed by atoms with Crippen LogP contribution in [0.3, 0.4) is 0 Å². The first-order valence-electron chi connectivity index (χ1n) is 18.2. The van der Waals surface area contributed by atoms with Crippen LogP contribution in [0, 0.1) is 5.92 Å². The van der Waals surface area contributed by atoms with E-state index in [0.29, 0.717) is 37.8 Å². The van der Waals surface area contributed by atoms with Gasteiger partial charge in [0.15, 0.2) is 13.2 Å². The molecule has 1 atom stereocenters. The summed E-state index contributed by atoms with van der Waals surface area (Å²) >= 11 is 0. The average Bonchev–Trinajstić information content (AvgIpc) is 3.07. The van der Waals surface area contributed by atoms with Crippen LogP contribution in [0.5, 0.6) is 11.5 Å². The van der Waals surface area contributed by atoms with Crippen molar-refractivity contribution in [3.05, 3.63) is 23.8 Å². The second kappa shape index (κ2) is 27.4. The van der Waals surface area contributed by atoms with Crippen molar-refractivity contribution >= 4 is 35.7 Å². The Morgan fingerprint density at radius 2 is 1.12 bits per heavy atom. The number of unbranched alkanes of at least 4 members (excludes halogenated alkanes) is 12. The molecule has 0 bridgehead atoms. The Hall–Kier alpha value is -4.36. The smallest absolute Gasteiger partial charge is 0.341 e. The molecule has 1 rings (SSSR count). The lowest BCUT2D eigenvalue weighted by Gasteiger charge is -2.23. The van der Waals surface area contributed by atoms with Gasteiger partial charge in [-0.25, -0.2) is 9.59 Å². The summed E-state index contributed by atoms with van der Waals surface area (Å²) in [6.45, 7) is 0.952. The number of ether oxygens (including phenoxy) is 2. The van der Waals surface area contributed by atoms with E-state index >= 15 is 0 Å². The second-order valence-corrected chi connectivity index (χ2v) is 13.0. The number of benzene rings is 1. The Morgan fingerprint density at radius 1 is 0.627 bits per heavy atom. The maximum absolute atomic E-state index is 13.4. The van der Waals surface area contributed by atoms with Gasteiger partial charge in [-0.2, -0.15) is 0 Å². The van der Waals surface area contributed by atoms with Gasteiger partial charge in [0.2, 0.25) is 11.8 Å². The predicted molar refractivity (Wildman–Crippen MR) is 189 cm³/mol. The Kier molecular flexibility index (Phi) is 24.0. The lowest BCUT2D eigenvalue weighted by Crippen LogP contribution is -2.35. The van der Waals surface area contributed by atoms with Gasteiger partial charge in [0.1, 0.15) is 11.5 Å². The van der Waals surface area contributed by atoms with Crippen LogP contribution in [0.4, 0.5) is 0 Å². The molecule has 1 aromatic rings. The molecule has 51 heavy (non-hydrogen) atoms. The van der Waals surface area contributed by atoms with Crippen molar-refractivity contribution in [2.24, 2.45) is 5.92 Å². The Labute approximate surface area is 300 Å². The molecule has 0 unspecified atom stereocenters. The van der Waals surface area contributed by atoms with Gasteiger partial charge in [0.05, 0.1) is 5.92 Å². The first-order chi connectivity index (χ1) is 24.4. The van der Waals surface area contributed by atoms with Gasteiger partial charge in [0.25, 0.3) is 0 Å². The lowest BCUT2D eigenvalue weighted by molar-refractivity contribution is -0.142. The third kappa shape index (κ3) is 24.4. The van der Waals surface area contributed by atoms with Gasteiger partial charge in [-0.3, -0.25) is 19.2 Å². The SMILES string of the molecule is C[C@@H](CCCCNC(=O)CCN(Cc1cc(OCC(=O)O)cc(OCC(=O)O)c1)C(=O)CCCCCCCCCCCCCCC(=O)O)C(=O)O. The van der Waals surface area contributed by atoms with Crippen molar-refractivity contribution in [3.63, 3.8) is 0 Å². The summed E-state index contributed by atoms with van der Waals surface area (Å²) in [5.74, 6) is -4.58. The van der Waals surface area contributed by atoms with Crippen molar-refractivity contribution in [1.29, 1.82) is 0 Å². The Balaban J connectivity index is 2.68. The van der Waals surface area contributed by atoms with Crippen molar-refractivity contribution in [2.45, 2.75) is 129 Å². The van der Waals surface area contributed by atoms with E-state index in [2.05, 4.69) is 5.32 Å². The molecule has 0 radical (unpaired) electrons. The van der Waals surface area contributed by atoms with Gasteiger partial charge < -0.3 is 40.1 Å². The van der Waals surface area contributed by atoms with E-state index in [1.165, 1.54) is 6.07 Å². The zero-order valence-electron chi connectivity index (χ0n) is 30.1. The normalized spacial score (nSPS) is 11.4. The number of carbonyl (C=O) groups excluding carboxylic acids is 2. The Bertz CT molecular complexity index is 1190. The molecule has 0 aromatic heterocycles. The van der Waals surface area contributed by atoms with Crippen molar-refractivity contribution < 1.29 is 58.7 Å². The van der Waals surface area contributed by atoms with Crippen LogP contribution in [0.25, 0.3) is 0 Å². The minimum atomic E-state index is -1.20. The molecule has 288 valence electrons. The first kappa shape index (κ1) is 44.7. The van der Waals surface area contributed by atoms with Crippen LogP contribution >= 0.6 is 0 Å². The average molecular weight is 723 g/mol. The van der Waals surface area contributed by atoms with Gasteiger partial charge in [-0.1, -0.05) is 77.6 Å². The maximum atomic E-state index is 13.4. The molecule has 5 N–H and O–H groups in total. The zero-order valence-corrected chi connectivity index (χ0v) is 30.1. The van der Waals surface area contributed by atoms with E-state index in [1.807, 2.05) is 0 Å². The number of hydrogen-bond donors (Lipinski definition) is 5. The molecule has 14 nitrogen and oxygen atoms in total. The molecule has 0 aliphatic rings. The number of carboxylic acid groups (broad SMARTS) is 4. The highest BCUT2D eigenvalue weighted by Gasteiger charge is 2.18. The third-order valence-corrected chi connectivity index (χ3v) is 8.34. The van der Waals surface area contributed by atoms with E-state index in [0.717, 1.165) is 70.6 Å². The molecule has 2 amide bonds. The van der Waals surface area contributed by atoms with Crippen LogP contribution in [0.15, 0.2) is 18.2 Å². The van der Waals surface area contributed by atoms with Crippen molar-refractivity contribution in [2.75, 3.05) is 26.3 Å².